The lowest BCUT2D eigenvalue weighted by Crippen LogP contribution is -2.30. The van der Waals surface area contributed by atoms with Crippen LogP contribution in [-0.2, 0) is 19.4 Å². The van der Waals surface area contributed by atoms with Crippen molar-refractivity contribution in [1.82, 2.24) is 4.90 Å². The Hall–Kier alpha value is -2.09. The second kappa shape index (κ2) is 7.65. The molecule has 1 unspecified atom stereocenters. The van der Waals surface area contributed by atoms with Crippen LogP contribution in [0.5, 0.6) is 5.75 Å². The predicted octanol–water partition coefficient (Wildman–Crippen LogP) is 1.18. The summed E-state index contributed by atoms with van der Waals surface area (Å²) in [4.78, 5) is 24.7. The number of carboxylic acids is 1. The average molecular weight is 355 g/mol. The van der Waals surface area contributed by atoms with Gasteiger partial charge in [-0.1, -0.05) is 0 Å². The largest absolute Gasteiger partial charge is 0.494 e. The molecule has 0 spiro atoms. The van der Waals surface area contributed by atoms with Crippen molar-refractivity contribution in [2.24, 2.45) is 5.92 Å². The van der Waals surface area contributed by atoms with Gasteiger partial charge >= 0.3 is 5.97 Å². The predicted molar refractivity (Wildman–Crippen MR) is 86.6 cm³/mol. The summed E-state index contributed by atoms with van der Waals surface area (Å²) in [7, 11) is -3.22. The van der Waals surface area contributed by atoms with Gasteiger partial charge in [0.2, 0.25) is 5.91 Å². The first-order valence-electron chi connectivity index (χ1n) is 7.71. The van der Waals surface area contributed by atoms with Crippen molar-refractivity contribution in [3.8, 4) is 5.75 Å². The average Bonchev–Trinajstić information content (AvgIpc) is 3.01. The highest BCUT2D eigenvalue weighted by Gasteiger charge is 2.30. The van der Waals surface area contributed by atoms with Crippen LogP contribution in [0.3, 0.4) is 0 Å². The molecule has 1 aliphatic heterocycles. The summed E-state index contributed by atoms with van der Waals surface area (Å²) in [6.07, 6.45) is 2.46. The van der Waals surface area contributed by atoms with Crippen LogP contribution in [0.2, 0.25) is 0 Å². The van der Waals surface area contributed by atoms with E-state index in [-0.39, 0.29) is 17.3 Å². The van der Waals surface area contributed by atoms with Crippen molar-refractivity contribution in [2.45, 2.75) is 24.2 Å². The maximum Gasteiger partial charge on any atom is 0.308 e. The molecule has 1 aromatic carbocycles. The minimum atomic E-state index is -3.22. The van der Waals surface area contributed by atoms with Gasteiger partial charge < -0.3 is 14.7 Å². The molecule has 0 aliphatic carbocycles. The molecule has 0 radical (unpaired) electrons. The standard InChI is InChI=1S/C16H21NO6S/c1-24(21,22)14-6-4-13(5-7-14)23-10-2-3-15(18)17-9-8-12(11-17)16(19)20/h4-7,12H,2-3,8-11H2,1H3,(H,19,20). The van der Waals surface area contributed by atoms with Crippen LogP contribution >= 0.6 is 0 Å². The highest BCUT2D eigenvalue weighted by Crippen LogP contribution is 2.18. The molecular formula is C16H21NO6S. The number of aliphatic carboxylic acids is 1. The Morgan fingerprint density at radius 1 is 1.29 bits per heavy atom. The molecule has 0 aromatic heterocycles. The second-order valence-electron chi connectivity index (χ2n) is 5.86. The summed E-state index contributed by atoms with van der Waals surface area (Å²) in [5.41, 5.74) is 0. The summed E-state index contributed by atoms with van der Waals surface area (Å²) in [6.45, 7) is 1.10. The van der Waals surface area contributed by atoms with Crippen molar-refractivity contribution < 1.29 is 27.9 Å². The number of amides is 1. The van der Waals surface area contributed by atoms with Gasteiger partial charge in [0.15, 0.2) is 9.84 Å². The Balaban J connectivity index is 1.71. The van der Waals surface area contributed by atoms with Gasteiger partial charge in [-0.3, -0.25) is 9.59 Å². The van der Waals surface area contributed by atoms with Crippen LogP contribution in [0.15, 0.2) is 29.2 Å². The number of hydrogen-bond acceptors (Lipinski definition) is 5. The van der Waals surface area contributed by atoms with Crippen LogP contribution in [0.4, 0.5) is 0 Å². The smallest absolute Gasteiger partial charge is 0.308 e. The molecular weight excluding hydrogens is 334 g/mol. The van der Waals surface area contributed by atoms with E-state index in [0.29, 0.717) is 38.2 Å². The number of carbonyl (C=O) groups excluding carboxylic acids is 1. The van der Waals surface area contributed by atoms with Gasteiger partial charge in [0.1, 0.15) is 5.75 Å². The van der Waals surface area contributed by atoms with Crippen molar-refractivity contribution in [1.29, 1.82) is 0 Å². The van der Waals surface area contributed by atoms with Crippen LogP contribution < -0.4 is 4.74 Å². The highest BCUT2D eigenvalue weighted by molar-refractivity contribution is 7.90. The van der Waals surface area contributed by atoms with E-state index in [4.69, 9.17) is 9.84 Å². The highest BCUT2D eigenvalue weighted by atomic mass is 32.2. The minimum absolute atomic E-state index is 0.0604. The third kappa shape index (κ3) is 4.95. The van der Waals surface area contributed by atoms with E-state index in [1.54, 1.807) is 17.0 Å². The Kier molecular flexibility index (Phi) is 5.82. The number of ether oxygens (including phenoxy) is 1. The zero-order valence-electron chi connectivity index (χ0n) is 13.5. The monoisotopic (exact) mass is 355 g/mol. The molecule has 1 aliphatic rings. The lowest BCUT2D eigenvalue weighted by atomic mass is 10.1. The molecule has 1 heterocycles. The topological polar surface area (TPSA) is 101 Å². The number of benzene rings is 1. The lowest BCUT2D eigenvalue weighted by molar-refractivity contribution is -0.141. The van der Waals surface area contributed by atoms with Crippen molar-refractivity contribution in [2.75, 3.05) is 26.0 Å². The van der Waals surface area contributed by atoms with E-state index in [1.807, 2.05) is 0 Å². The van der Waals surface area contributed by atoms with Crippen LogP contribution in [0.25, 0.3) is 0 Å². The van der Waals surface area contributed by atoms with Crippen LogP contribution in [0, 0.1) is 5.92 Å². The molecule has 1 amide bonds. The fourth-order valence-electron chi connectivity index (χ4n) is 2.54. The number of rotatable bonds is 7. The number of hydrogen-bond donors (Lipinski definition) is 1. The molecule has 0 bridgehead atoms. The number of nitrogens with zero attached hydrogens (tertiary/aromatic N) is 1. The molecule has 0 saturated carbocycles. The summed E-state index contributed by atoms with van der Waals surface area (Å²) in [5.74, 6) is -0.832. The van der Waals surface area contributed by atoms with E-state index in [1.165, 1.54) is 12.1 Å². The molecule has 24 heavy (non-hydrogen) atoms. The summed E-state index contributed by atoms with van der Waals surface area (Å²) < 4.78 is 28.2. The van der Waals surface area contributed by atoms with Crippen molar-refractivity contribution >= 4 is 21.7 Å². The summed E-state index contributed by atoms with van der Waals surface area (Å²) in [5, 5.41) is 8.93. The van der Waals surface area contributed by atoms with E-state index in [9.17, 15) is 18.0 Å². The molecule has 1 aromatic rings. The number of carbonyl (C=O) groups is 2. The molecule has 1 fully saturated rings. The zero-order valence-corrected chi connectivity index (χ0v) is 14.3. The minimum Gasteiger partial charge on any atom is -0.494 e. The fourth-order valence-corrected chi connectivity index (χ4v) is 3.17. The number of likely N-dealkylation sites (tertiary alicyclic amines) is 1. The molecule has 7 nitrogen and oxygen atoms in total. The Morgan fingerprint density at radius 3 is 2.50 bits per heavy atom. The van der Waals surface area contributed by atoms with Gasteiger partial charge in [-0.25, -0.2) is 8.42 Å². The third-order valence-corrected chi connectivity index (χ3v) is 5.07. The van der Waals surface area contributed by atoms with Gasteiger partial charge in [0, 0.05) is 25.8 Å². The third-order valence-electron chi connectivity index (χ3n) is 3.95. The SMILES string of the molecule is CS(=O)(=O)c1ccc(OCCCC(=O)N2CCC(C(=O)O)C2)cc1. The van der Waals surface area contributed by atoms with Crippen LogP contribution in [0.1, 0.15) is 19.3 Å². The van der Waals surface area contributed by atoms with E-state index in [0.717, 1.165) is 6.26 Å². The van der Waals surface area contributed by atoms with Gasteiger partial charge in [-0.15, -0.1) is 0 Å². The quantitative estimate of drug-likeness (QED) is 0.737. The molecule has 8 heteroatoms. The Morgan fingerprint density at radius 2 is 1.96 bits per heavy atom. The molecule has 1 atom stereocenters. The first-order valence-corrected chi connectivity index (χ1v) is 9.60. The Labute approximate surface area is 141 Å². The zero-order chi connectivity index (χ0) is 17.7. The maximum atomic E-state index is 12.0. The summed E-state index contributed by atoms with van der Waals surface area (Å²) in [6, 6.07) is 6.12. The number of sulfone groups is 1. The number of carboxylic acid groups (broad SMARTS) is 1. The van der Waals surface area contributed by atoms with Gasteiger partial charge in [-0.05, 0) is 37.1 Å². The first-order chi connectivity index (χ1) is 11.3. The normalized spacial score (nSPS) is 17.7. The van der Waals surface area contributed by atoms with Crippen LogP contribution in [-0.4, -0.2) is 56.3 Å². The second-order valence-corrected chi connectivity index (χ2v) is 7.87. The molecule has 1 N–H and O–H groups in total. The molecule has 2 rings (SSSR count). The van der Waals surface area contributed by atoms with Gasteiger partial charge in [0.25, 0.3) is 0 Å². The van der Waals surface area contributed by atoms with E-state index in [2.05, 4.69) is 0 Å². The van der Waals surface area contributed by atoms with E-state index >= 15 is 0 Å². The van der Waals surface area contributed by atoms with Gasteiger partial charge in [0.05, 0.1) is 17.4 Å². The molecule has 132 valence electrons. The molecule has 1 saturated heterocycles. The Bertz CT molecular complexity index is 698. The summed E-state index contributed by atoms with van der Waals surface area (Å²) >= 11 is 0. The lowest BCUT2D eigenvalue weighted by Gasteiger charge is -2.15. The first kappa shape index (κ1) is 18.3. The van der Waals surface area contributed by atoms with E-state index < -0.39 is 21.7 Å². The van der Waals surface area contributed by atoms with Gasteiger partial charge in [-0.2, -0.15) is 0 Å². The van der Waals surface area contributed by atoms with Crippen molar-refractivity contribution in [3.05, 3.63) is 24.3 Å². The fraction of sp³-hybridized carbons (Fsp3) is 0.500. The maximum absolute atomic E-state index is 12.0. The van der Waals surface area contributed by atoms with Crippen molar-refractivity contribution in [3.63, 3.8) is 0 Å².